The van der Waals surface area contributed by atoms with E-state index in [4.69, 9.17) is 10.5 Å². The van der Waals surface area contributed by atoms with E-state index in [0.29, 0.717) is 5.75 Å². The average molecular weight is 237 g/mol. The molecule has 4 nitrogen and oxygen atoms in total. The van der Waals surface area contributed by atoms with Crippen LogP contribution >= 0.6 is 0 Å². The zero-order chi connectivity index (χ0) is 13.0. The van der Waals surface area contributed by atoms with Crippen LogP contribution in [0.25, 0.3) is 0 Å². The molecule has 0 fully saturated rings. The fourth-order valence-corrected chi connectivity index (χ4v) is 1.54. The van der Waals surface area contributed by atoms with Crippen LogP contribution in [0.2, 0.25) is 0 Å². The highest BCUT2D eigenvalue weighted by Gasteiger charge is 2.17. The topological polar surface area (TPSA) is 61.5 Å². The fourth-order valence-electron chi connectivity index (χ4n) is 1.54. The summed E-state index contributed by atoms with van der Waals surface area (Å²) in [7, 11) is 1.34. The van der Waals surface area contributed by atoms with Crippen LogP contribution in [0.1, 0.15) is 31.0 Å². The van der Waals surface area contributed by atoms with Crippen LogP contribution in [-0.4, -0.2) is 19.2 Å². The van der Waals surface area contributed by atoms with Gasteiger partial charge in [0.05, 0.1) is 7.11 Å². The van der Waals surface area contributed by atoms with Gasteiger partial charge in [0.25, 0.3) is 0 Å². The Balaban J connectivity index is 2.94. The Kier molecular flexibility index (Phi) is 4.52. The van der Waals surface area contributed by atoms with Gasteiger partial charge >= 0.3 is 5.97 Å². The normalized spacial score (nSPS) is 13.9. The van der Waals surface area contributed by atoms with Crippen LogP contribution in [0.15, 0.2) is 18.2 Å². The van der Waals surface area contributed by atoms with Gasteiger partial charge in [0, 0.05) is 11.6 Å². The monoisotopic (exact) mass is 237 g/mol. The van der Waals surface area contributed by atoms with Crippen molar-refractivity contribution in [2.24, 2.45) is 5.73 Å². The number of carbonyl (C=O) groups is 1. The predicted octanol–water partition coefficient (Wildman–Crippen LogP) is 1.96. The number of carbonyl (C=O) groups excluding carboxylic acids is 1. The van der Waals surface area contributed by atoms with E-state index in [1.54, 1.807) is 6.92 Å². The summed E-state index contributed by atoms with van der Waals surface area (Å²) in [5.74, 6) is 0.227. The smallest absolute Gasteiger partial charge is 0.346 e. The number of hydrogen-bond acceptors (Lipinski definition) is 4. The van der Waals surface area contributed by atoms with Gasteiger partial charge in [-0.15, -0.1) is 0 Å². The molecule has 0 aromatic heterocycles. The molecule has 1 aromatic carbocycles. The highest BCUT2D eigenvalue weighted by atomic mass is 16.6. The molecule has 2 N–H and O–H groups in total. The van der Waals surface area contributed by atoms with E-state index in [0.717, 1.165) is 11.1 Å². The van der Waals surface area contributed by atoms with Crippen LogP contribution in [0.4, 0.5) is 0 Å². The Bertz CT molecular complexity index is 402. The lowest BCUT2D eigenvalue weighted by Crippen LogP contribution is -2.25. The fraction of sp³-hybridized carbons (Fsp3) is 0.462. The van der Waals surface area contributed by atoms with E-state index in [-0.39, 0.29) is 6.04 Å². The SMILES string of the molecule is COC(=O)C(C)Oc1ccc(C)cc1C(C)N. The summed E-state index contributed by atoms with van der Waals surface area (Å²) in [4.78, 5) is 11.3. The summed E-state index contributed by atoms with van der Waals surface area (Å²) in [5.41, 5.74) is 7.87. The van der Waals surface area contributed by atoms with Gasteiger partial charge in [0.1, 0.15) is 5.75 Å². The van der Waals surface area contributed by atoms with Crippen molar-refractivity contribution in [3.8, 4) is 5.75 Å². The molecule has 0 aliphatic heterocycles. The van der Waals surface area contributed by atoms with Crippen molar-refractivity contribution in [2.45, 2.75) is 32.9 Å². The van der Waals surface area contributed by atoms with Gasteiger partial charge in [-0.05, 0) is 26.8 Å². The summed E-state index contributed by atoms with van der Waals surface area (Å²) in [6.07, 6.45) is -0.639. The van der Waals surface area contributed by atoms with Crippen molar-refractivity contribution in [1.29, 1.82) is 0 Å². The number of nitrogens with two attached hydrogens (primary N) is 1. The molecule has 0 spiro atoms. The maximum absolute atomic E-state index is 11.3. The number of benzene rings is 1. The molecular formula is C13H19NO3. The van der Waals surface area contributed by atoms with Gasteiger partial charge in [-0.2, -0.15) is 0 Å². The molecule has 17 heavy (non-hydrogen) atoms. The van der Waals surface area contributed by atoms with Crippen LogP contribution in [-0.2, 0) is 9.53 Å². The van der Waals surface area contributed by atoms with Crippen molar-refractivity contribution >= 4 is 5.97 Å². The molecule has 2 atom stereocenters. The number of methoxy groups -OCH3 is 1. The van der Waals surface area contributed by atoms with E-state index >= 15 is 0 Å². The van der Waals surface area contributed by atoms with Gasteiger partial charge < -0.3 is 15.2 Å². The molecule has 2 unspecified atom stereocenters. The summed E-state index contributed by atoms with van der Waals surface area (Å²) in [5, 5.41) is 0. The number of ether oxygens (including phenoxy) is 2. The second kappa shape index (κ2) is 5.68. The van der Waals surface area contributed by atoms with Crippen LogP contribution < -0.4 is 10.5 Å². The maximum atomic E-state index is 11.3. The quantitative estimate of drug-likeness (QED) is 0.813. The number of esters is 1. The number of hydrogen-bond donors (Lipinski definition) is 1. The Morgan fingerprint density at radius 3 is 2.53 bits per heavy atom. The van der Waals surface area contributed by atoms with E-state index in [2.05, 4.69) is 4.74 Å². The Morgan fingerprint density at radius 2 is 2.00 bits per heavy atom. The van der Waals surface area contributed by atoms with Gasteiger partial charge in [-0.25, -0.2) is 4.79 Å². The minimum Gasteiger partial charge on any atom is -0.479 e. The second-order valence-electron chi connectivity index (χ2n) is 4.11. The van der Waals surface area contributed by atoms with Crippen molar-refractivity contribution in [1.82, 2.24) is 0 Å². The average Bonchev–Trinajstić information content (AvgIpc) is 2.29. The lowest BCUT2D eigenvalue weighted by Gasteiger charge is -2.18. The number of rotatable bonds is 4. The molecule has 0 aliphatic carbocycles. The molecule has 1 rings (SSSR count). The lowest BCUT2D eigenvalue weighted by atomic mass is 10.1. The molecular weight excluding hydrogens is 218 g/mol. The maximum Gasteiger partial charge on any atom is 0.346 e. The number of aryl methyl sites for hydroxylation is 1. The van der Waals surface area contributed by atoms with Crippen LogP contribution in [0.5, 0.6) is 5.75 Å². The zero-order valence-electron chi connectivity index (χ0n) is 10.7. The highest BCUT2D eigenvalue weighted by Crippen LogP contribution is 2.26. The largest absolute Gasteiger partial charge is 0.479 e. The molecule has 0 saturated heterocycles. The van der Waals surface area contributed by atoms with E-state index in [9.17, 15) is 4.79 Å². The van der Waals surface area contributed by atoms with Crippen molar-refractivity contribution in [2.75, 3.05) is 7.11 Å². The Hall–Kier alpha value is -1.55. The molecule has 94 valence electrons. The summed E-state index contributed by atoms with van der Waals surface area (Å²) in [6, 6.07) is 5.57. The Labute approximate surface area is 102 Å². The van der Waals surface area contributed by atoms with E-state index in [1.807, 2.05) is 32.0 Å². The van der Waals surface area contributed by atoms with Gasteiger partial charge in [0.15, 0.2) is 6.10 Å². The van der Waals surface area contributed by atoms with Crippen LogP contribution in [0.3, 0.4) is 0 Å². The van der Waals surface area contributed by atoms with E-state index < -0.39 is 12.1 Å². The Morgan fingerprint density at radius 1 is 1.35 bits per heavy atom. The van der Waals surface area contributed by atoms with Crippen molar-refractivity contribution in [3.05, 3.63) is 29.3 Å². The lowest BCUT2D eigenvalue weighted by molar-refractivity contribution is -0.147. The summed E-state index contributed by atoms with van der Waals surface area (Å²) < 4.78 is 10.2. The van der Waals surface area contributed by atoms with Gasteiger partial charge in [-0.3, -0.25) is 0 Å². The molecule has 1 aromatic rings. The first-order chi connectivity index (χ1) is 7.95. The molecule has 0 heterocycles. The molecule has 0 aliphatic rings. The van der Waals surface area contributed by atoms with Gasteiger partial charge in [-0.1, -0.05) is 17.7 Å². The van der Waals surface area contributed by atoms with Crippen molar-refractivity contribution in [3.63, 3.8) is 0 Å². The third-order valence-corrected chi connectivity index (χ3v) is 2.49. The molecule has 0 saturated carbocycles. The molecule has 4 heteroatoms. The van der Waals surface area contributed by atoms with Gasteiger partial charge in [0.2, 0.25) is 0 Å². The molecule has 0 radical (unpaired) electrons. The third-order valence-electron chi connectivity index (χ3n) is 2.49. The molecule has 0 bridgehead atoms. The first kappa shape index (κ1) is 13.5. The zero-order valence-corrected chi connectivity index (χ0v) is 10.7. The van der Waals surface area contributed by atoms with Crippen LogP contribution in [0, 0.1) is 6.92 Å². The third kappa shape index (κ3) is 3.46. The standard InChI is InChI=1S/C13H19NO3/c1-8-5-6-12(11(7-8)9(2)14)17-10(3)13(15)16-4/h5-7,9-10H,14H2,1-4H3. The van der Waals surface area contributed by atoms with E-state index in [1.165, 1.54) is 7.11 Å². The minimum absolute atomic E-state index is 0.144. The minimum atomic E-state index is -0.639. The highest BCUT2D eigenvalue weighted by molar-refractivity contribution is 5.74. The second-order valence-corrected chi connectivity index (χ2v) is 4.11. The molecule has 0 amide bonds. The van der Waals surface area contributed by atoms with Crippen molar-refractivity contribution < 1.29 is 14.3 Å². The predicted molar refractivity (Wildman–Crippen MR) is 65.9 cm³/mol. The first-order valence-electron chi connectivity index (χ1n) is 5.56. The summed E-state index contributed by atoms with van der Waals surface area (Å²) >= 11 is 0. The summed E-state index contributed by atoms with van der Waals surface area (Å²) in [6.45, 7) is 5.51. The first-order valence-corrected chi connectivity index (χ1v) is 5.56.